The lowest BCUT2D eigenvalue weighted by molar-refractivity contribution is 0.199. The molecule has 0 atom stereocenters. The summed E-state index contributed by atoms with van der Waals surface area (Å²) in [5, 5.41) is 4.11. The van der Waals surface area contributed by atoms with E-state index in [1.807, 2.05) is 25.1 Å². The van der Waals surface area contributed by atoms with Crippen LogP contribution in [0, 0.1) is 6.92 Å². The minimum Gasteiger partial charge on any atom is -0.468 e. The SMILES string of the molecule is COCCNCc1c(Cl)cccc1Sc1ccoc1C. The van der Waals surface area contributed by atoms with E-state index < -0.39 is 0 Å². The third-order valence-electron chi connectivity index (χ3n) is 2.89. The second-order valence-corrected chi connectivity index (χ2v) is 5.82. The molecule has 20 heavy (non-hydrogen) atoms. The van der Waals surface area contributed by atoms with Crippen LogP contribution in [0.3, 0.4) is 0 Å². The fourth-order valence-electron chi connectivity index (χ4n) is 1.79. The summed E-state index contributed by atoms with van der Waals surface area (Å²) in [6.45, 7) is 4.18. The standard InChI is InChI=1S/C15H18ClNO2S/c1-11-14(6-8-19-11)20-15-5-3-4-13(16)12(15)10-17-7-9-18-2/h3-6,8,17H,7,9-10H2,1-2H3. The lowest BCUT2D eigenvalue weighted by atomic mass is 10.2. The molecule has 0 bridgehead atoms. The van der Waals surface area contributed by atoms with Crippen LogP contribution >= 0.6 is 23.4 Å². The number of benzene rings is 1. The van der Waals surface area contributed by atoms with E-state index in [-0.39, 0.29) is 0 Å². The normalized spacial score (nSPS) is 10.9. The Morgan fingerprint density at radius 3 is 2.85 bits per heavy atom. The van der Waals surface area contributed by atoms with Gasteiger partial charge in [0, 0.05) is 30.1 Å². The maximum Gasteiger partial charge on any atom is 0.114 e. The zero-order valence-corrected chi connectivity index (χ0v) is 13.2. The third-order valence-corrected chi connectivity index (χ3v) is 4.49. The van der Waals surface area contributed by atoms with E-state index in [9.17, 15) is 0 Å². The van der Waals surface area contributed by atoms with Crippen LogP contribution in [0.2, 0.25) is 5.02 Å². The van der Waals surface area contributed by atoms with Crippen LogP contribution < -0.4 is 5.32 Å². The molecule has 0 amide bonds. The van der Waals surface area contributed by atoms with Crippen LogP contribution in [-0.2, 0) is 11.3 Å². The first kappa shape index (κ1) is 15.4. The van der Waals surface area contributed by atoms with Crippen molar-refractivity contribution in [3.8, 4) is 0 Å². The Kier molecular flexibility index (Phi) is 5.98. The first-order valence-corrected chi connectivity index (χ1v) is 7.61. The molecule has 0 aliphatic carbocycles. The monoisotopic (exact) mass is 311 g/mol. The largest absolute Gasteiger partial charge is 0.468 e. The zero-order valence-electron chi connectivity index (χ0n) is 11.6. The molecule has 108 valence electrons. The fourth-order valence-corrected chi connectivity index (χ4v) is 3.09. The molecule has 0 saturated heterocycles. The minimum absolute atomic E-state index is 0.688. The van der Waals surface area contributed by atoms with Crippen LogP contribution in [0.1, 0.15) is 11.3 Å². The van der Waals surface area contributed by atoms with Crippen molar-refractivity contribution in [2.24, 2.45) is 0 Å². The highest BCUT2D eigenvalue weighted by molar-refractivity contribution is 7.99. The summed E-state index contributed by atoms with van der Waals surface area (Å²) in [6, 6.07) is 7.94. The van der Waals surface area contributed by atoms with Crippen LogP contribution in [-0.4, -0.2) is 20.3 Å². The number of rotatable bonds is 7. The number of hydrogen-bond donors (Lipinski definition) is 1. The predicted octanol–water partition coefficient (Wildman–Crippen LogP) is 4.13. The molecule has 0 aliphatic rings. The summed E-state index contributed by atoms with van der Waals surface area (Å²) in [7, 11) is 1.69. The van der Waals surface area contributed by atoms with Gasteiger partial charge < -0.3 is 14.5 Å². The lowest BCUT2D eigenvalue weighted by Gasteiger charge is -2.11. The van der Waals surface area contributed by atoms with E-state index in [4.69, 9.17) is 20.8 Å². The molecule has 3 nitrogen and oxygen atoms in total. The average molecular weight is 312 g/mol. The van der Waals surface area contributed by atoms with E-state index in [2.05, 4.69) is 11.4 Å². The molecule has 2 aromatic rings. The second kappa shape index (κ2) is 7.74. The van der Waals surface area contributed by atoms with E-state index >= 15 is 0 Å². The van der Waals surface area contributed by atoms with Gasteiger partial charge in [-0.3, -0.25) is 0 Å². The molecule has 0 spiro atoms. The molecule has 0 radical (unpaired) electrons. The van der Waals surface area contributed by atoms with Gasteiger partial charge in [0.15, 0.2) is 0 Å². The van der Waals surface area contributed by atoms with Crippen LogP contribution in [0.15, 0.2) is 44.7 Å². The Bertz CT molecular complexity index is 557. The molecular weight excluding hydrogens is 294 g/mol. The number of halogens is 1. The number of ether oxygens (including phenoxy) is 1. The summed E-state index contributed by atoms with van der Waals surface area (Å²) >= 11 is 7.99. The van der Waals surface area contributed by atoms with Gasteiger partial charge in [-0.1, -0.05) is 29.4 Å². The van der Waals surface area contributed by atoms with Crippen molar-refractivity contribution in [2.75, 3.05) is 20.3 Å². The van der Waals surface area contributed by atoms with Crippen LogP contribution in [0.4, 0.5) is 0 Å². The first-order chi connectivity index (χ1) is 9.72. The van der Waals surface area contributed by atoms with Crippen molar-refractivity contribution in [3.63, 3.8) is 0 Å². The van der Waals surface area contributed by atoms with Gasteiger partial charge in [-0.25, -0.2) is 0 Å². The van der Waals surface area contributed by atoms with Gasteiger partial charge in [0.2, 0.25) is 0 Å². The van der Waals surface area contributed by atoms with Crippen LogP contribution in [0.25, 0.3) is 0 Å². The van der Waals surface area contributed by atoms with E-state index in [0.717, 1.165) is 39.2 Å². The molecule has 0 unspecified atom stereocenters. The second-order valence-electron chi connectivity index (χ2n) is 4.33. The van der Waals surface area contributed by atoms with Crippen molar-refractivity contribution in [1.29, 1.82) is 0 Å². The highest BCUT2D eigenvalue weighted by Gasteiger charge is 2.10. The van der Waals surface area contributed by atoms with Crippen molar-refractivity contribution in [1.82, 2.24) is 5.32 Å². The van der Waals surface area contributed by atoms with Gasteiger partial charge in [0.05, 0.1) is 17.8 Å². The van der Waals surface area contributed by atoms with Gasteiger partial charge in [-0.2, -0.15) is 0 Å². The van der Waals surface area contributed by atoms with E-state index in [1.165, 1.54) is 0 Å². The zero-order chi connectivity index (χ0) is 14.4. The fraction of sp³-hybridized carbons (Fsp3) is 0.333. The van der Waals surface area contributed by atoms with Gasteiger partial charge in [-0.05, 0) is 30.7 Å². The molecule has 1 aromatic carbocycles. The highest BCUT2D eigenvalue weighted by atomic mass is 35.5. The molecule has 0 saturated carbocycles. The Morgan fingerprint density at radius 1 is 1.30 bits per heavy atom. The quantitative estimate of drug-likeness (QED) is 0.780. The summed E-state index contributed by atoms with van der Waals surface area (Å²) in [4.78, 5) is 2.26. The van der Waals surface area contributed by atoms with Crippen molar-refractivity contribution >= 4 is 23.4 Å². The smallest absolute Gasteiger partial charge is 0.114 e. The number of hydrogen-bond acceptors (Lipinski definition) is 4. The van der Waals surface area contributed by atoms with Crippen LogP contribution in [0.5, 0.6) is 0 Å². The average Bonchev–Trinajstić information content (AvgIpc) is 2.83. The summed E-state index contributed by atoms with van der Waals surface area (Å²) in [5.74, 6) is 0.924. The minimum atomic E-state index is 0.688. The molecule has 2 rings (SSSR count). The molecule has 1 heterocycles. The van der Waals surface area contributed by atoms with Crippen molar-refractivity contribution in [2.45, 2.75) is 23.3 Å². The molecule has 1 N–H and O–H groups in total. The Morgan fingerprint density at radius 2 is 2.15 bits per heavy atom. The van der Waals surface area contributed by atoms with Gasteiger partial charge in [0.25, 0.3) is 0 Å². The third kappa shape index (κ3) is 4.03. The number of nitrogens with one attached hydrogen (secondary N) is 1. The van der Waals surface area contributed by atoms with E-state index in [1.54, 1.807) is 25.1 Å². The van der Waals surface area contributed by atoms with Gasteiger partial charge in [-0.15, -0.1) is 0 Å². The van der Waals surface area contributed by atoms with Crippen molar-refractivity contribution in [3.05, 3.63) is 46.9 Å². The maximum atomic E-state index is 6.31. The van der Waals surface area contributed by atoms with E-state index in [0.29, 0.717) is 6.61 Å². The van der Waals surface area contributed by atoms with Gasteiger partial charge in [0.1, 0.15) is 5.76 Å². The highest BCUT2D eigenvalue weighted by Crippen LogP contribution is 2.35. The molecule has 1 aromatic heterocycles. The summed E-state index contributed by atoms with van der Waals surface area (Å²) < 4.78 is 10.4. The summed E-state index contributed by atoms with van der Waals surface area (Å²) in [6.07, 6.45) is 1.71. The van der Waals surface area contributed by atoms with Crippen molar-refractivity contribution < 1.29 is 9.15 Å². The molecule has 0 fully saturated rings. The Hall–Kier alpha value is -0.940. The summed E-state index contributed by atoms with van der Waals surface area (Å²) in [5.41, 5.74) is 1.11. The molecule has 5 heteroatoms. The predicted molar refractivity (Wildman–Crippen MR) is 82.6 cm³/mol. The Labute approximate surface area is 128 Å². The van der Waals surface area contributed by atoms with Gasteiger partial charge >= 0.3 is 0 Å². The number of furan rings is 1. The maximum absolute atomic E-state index is 6.31. The molecular formula is C15H18ClNO2S. The lowest BCUT2D eigenvalue weighted by Crippen LogP contribution is -2.19. The topological polar surface area (TPSA) is 34.4 Å². The first-order valence-electron chi connectivity index (χ1n) is 6.41. The molecule has 0 aliphatic heterocycles. The Balaban J connectivity index is 2.11. The number of methoxy groups -OCH3 is 1. The number of aryl methyl sites for hydroxylation is 1.